The van der Waals surface area contributed by atoms with Crippen LogP contribution in [-0.2, 0) is 28.6 Å². The number of aliphatic hydroxyl groups excluding tert-OH is 2. The molecule has 0 amide bonds. The monoisotopic (exact) mass is 418 g/mol. The van der Waals surface area contributed by atoms with Crippen LogP contribution in [0, 0.1) is 16.7 Å². The van der Waals surface area contributed by atoms with Crippen molar-refractivity contribution >= 4 is 17.9 Å². The van der Waals surface area contributed by atoms with Gasteiger partial charge in [-0.05, 0) is 46.5 Å². The Morgan fingerprint density at radius 2 is 1.66 bits per heavy atom. The molecular weight excluding hydrogens is 380 g/mol. The molecule has 29 heavy (non-hydrogen) atoms. The number of carbonyl (C=O) groups is 3. The van der Waals surface area contributed by atoms with Gasteiger partial charge in [-0.1, -0.05) is 20.3 Å². The Balaban J connectivity index is 5.35. The van der Waals surface area contributed by atoms with Crippen LogP contribution in [0.25, 0.3) is 0 Å². The summed E-state index contributed by atoms with van der Waals surface area (Å²) in [5, 5.41) is 18.2. The molecule has 3 atom stereocenters. The largest absolute Gasteiger partial charge is 0.469 e. The average Bonchev–Trinajstić information content (AvgIpc) is 2.68. The standard InChI is InChI=1S/C21H38O8/c1-7-9-10-28-17(24)15(8-2)11-21(5,19(26)27-6)14-20(3,4)18(25)29-13-16(23)12-22/h15-16,22-23H,7-14H2,1-6H3. The predicted molar refractivity (Wildman–Crippen MR) is 107 cm³/mol. The Hall–Kier alpha value is -1.67. The molecule has 0 aromatic rings. The second-order valence-electron chi connectivity index (χ2n) is 8.38. The van der Waals surface area contributed by atoms with E-state index in [1.165, 1.54) is 7.11 Å². The quantitative estimate of drug-likeness (QED) is 0.250. The third-order valence-corrected chi connectivity index (χ3v) is 4.95. The minimum absolute atomic E-state index is 0.0828. The van der Waals surface area contributed by atoms with Crippen LogP contribution in [0.2, 0.25) is 0 Å². The number of aliphatic hydroxyl groups is 2. The van der Waals surface area contributed by atoms with Gasteiger partial charge in [0.25, 0.3) is 0 Å². The normalized spacial score (nSPS) is 15.7. The van der Waals surface area contributed by atoms with Gasteiger partial charge >= 0.3 is 17.9 Å². The van der Waals surface area contributed by atoms with E-state index in [0.29, 0.717) is 13.0 Å². The van der Waals surface area contributed by atoms with Gasteiger partial charge in [-0.3, -0.25) is 14.4 Å². The molecule has 0 rings (SSSR count). The SMILES string of the molecule is CCCCOC(=O)C(CC)CC(C)(CC(C)(C)C(=O)OCC(O)CO)C(=O)OC. The van der Waals surface area contributed by atoms with Crippen molar-refractivity contribution < 1.29 is 38.8 Å². The summed E-state index contributed by atoms with van der Waals surface area (Å²) in [6, 6.07) is 0. The number of hydrogen-bond acceptors (Lipinski definition) is 8. The van der Waals surface area contributed by atoms with Crippen molar-refractivity contribution in [1.82, 2.24) is 0 Å². The molecule has 0 aromatic carbocycles. The number of hydrogen-bond donors (Lipinski definition) is 2. The number of methoxy groups -OCH3 is 1. The van der Waals surface area contributed by atoms with Crippen LogP contribution < -0.4 is 0 Å². The molecular formula is C21H38O8. The molecule has 3 unspecified atom stereocenters. The Morgan fingerprint density at radius 3 is 2.14 bits per heavy atom. The van der Waals surface area contributed by atoms with E-state index >= 15 is 0 Å². The van der Waals surface area contributed by atoms with E-state index in [2.05, 4.69) is 0 Å². The fraction of sp³-hybridized carbons (Fsp3) is 0.857. The summed E-state index contributed by atoms with van der Waals surface area (Å²) >= 11 is 0. The van der Waals surface area contributed by atoms with E-state index in [1.54, 1.807) is 20.8 Å². The molecule has 0 radical (unpaired) electrons. The predicted octanol–water partition coefficient (Wildman–Crippen LogP) is 2.24. The summed E-state index contributed by atoms with van der Waals surface area (Å²) in [6.07, 6.45) is 1.27. The molecule has 0 aromatic heterocycles. The summed E-state index contributed by atoms with van der Waals surface area (Å²) in [5.74, 6) is -1.99. The average molecular weight is 419 g/mol. The molecule has 0 heterocycles. The first-order chi connectivity index (χ1) is 13.5. The second-order valence-corrected chi connectivity index (χ2v) is 8.38. The van der Waals surface area contributed by atoms with Crippen LogP contribution in [0.3, 0.4) is 0 Å². The smallest absolute Gasteiger partial charge is 0.311 e. The summed E-state index contributed by atoms with van der Waals surface area (Å²) in [7, 11) is 1.27. The zero-order valence-corrected chi connectivity index (χ0v) is 18.7. The zero-order valence-electron chi connectivity index (χ0n) is 18.7. The number of esters is 3. The molecule has 2 N–H and O–H groups in total. The molecule has 0 aliphatic heterocycles. The highest BCUT2D eigenvalue weighted by Gasteiger charge is 2.46. The summed E-state index contributed by atoms with van der Waals surface area (Å²) in [4.78, 5) is 37.5. The molecule has 0 saturated carbocycles. The van der Waals surface area contributed by atoms with E-state index in [0.717, 1.165) is 12.8 Å². The number of unbranched alkanes of at least 4 members (excludes halogenated alkanes) is 1. The summed E-state index contributed by atoms with van der Waals surface area (Å²) in [6.45, 7) is 8.25. The summed E-state index contributed by atoms with van der Waals surface area (Å²) < 4.78 is 15.3. The van der Waals surface area contributed by atoms with Crippen LogP contribution in [0.4, 0.5) is 0 Å². The van der Waals surface area contributed by atoms with Crippen molar-refractivity contribution in [2.75, 3.05) is 26.9 Å². The Bertz CT molecular complexity index is 531. The van der Waals surface area contributed by atoms with Crippen molar-refractivity contribution in [3.8, 4) is 0 Å². The van der Waals surface area contributed by atoms with Crippen molar-refractivity contribution in [1.29, 1.82) is 0 Å². The van der Waals surface area contributed by atoms with Crippen LogP contribution in [0.1, 0.15) is 66.7 Å². The van der Waals surface area contributed by atoms with Crippen molar-refractivity contribution in [3.63, 3.8) is 0 Å². The molecule has 0 aliphatic rings. The van der Waals surface area contributed by atoms with Gasteiger partial charge in [0, 0.05) is 0 Å². The highest BCUT2D eigenvalue weighted by molar-refractivity contribution is 5.81. The van der Waals surface area contributed by atoms with Gasteiger partial charge in [-0.15, -0.1) is 0 Å². The minimum atomic E-state index is -1.16. The lowest BCUT2D eigenvalue weighted by Crippen LogP contribution is -2.41. The third-order valence-electron chi connectivity index (χ3n) is 4.95. The minimum Gasteiger partial charge on any atom is -0.469 e. The number of carbonyl (C=O) groups excluding carboxylic acids is 3. The lowest BCUT2D eigenvalue weighted by Gasteiger charge is -2.35. The maximum Gasteiger partial charge on any atom is 0.311 e. The Labute approximate surface area is 173 Å². The van der Waals surface area contributed by atoms with Gasteiger partial charge in [0.05, 0.1) is 37.1 Å². The molecule has 0 saturated heterocycles. The molecule has 0 aliphatic carbocycles. The van der Waals surface area contributed by atoms with Gasteiger partial charge in [0.2, 0.25) is 0 Å². The van der Waals surface area contributed by atoms with Crippen molar-refractivity contribution in [3.05, 3.63) is 0 Å². The fourth-order valence-corrected chi connectivity index (χ4v) is 3.31. The molecule has 170 valence electrons. The highest BCUT2D eigenvalue weighted by Crippen LogP contribution is 2.41. The zero-order chi connectivity index (χ0) is 22.7. The molecule has 8 heteroatoms. The molecule has 8 nitrogen and oxygen atoms in total. The third kappa shape index (κ3) is 9.12. The van der Waals surface area contributed by atoms with Crippen LogP contribution in [0.5, 0.6) is 0 Å². The van der Waals surface area contributed by atoms with Gasteiger partial charge in [-0.2, -0.15) is 0 Å². The topological polar surface area (TPSA) is 119 Å². The Morgan fingerprint density at radius 1 is 1.03 bits per heavy atom. The van der Waals surface area contributed by atoms with Gasteiger partial charge in [0.1, 0.15) is 12.7 Å². The van der Waals surface area contributed by atoms with Gasteiger partial charge in [0.15, 0.2) is 0 Å². The van der Waals surface area contributed by atoms with Crippen LogP contribution in [0.15, 0.2) is 0 Å². The highest BCUT2D eigenvalue weighted by atomic mass is 16.5. The van der Waals surface area contributed by atoms with Crippen molar-refractivity contribution in [2.45, 2.75) is 72.8 Å². The maximum atomic E-state index is 12.6. The van der Waals surface area contributed by atoms with E-state index < -0.39 is 41.4 Å². The van der Waals surface area contributed by atoms with Gasteiger partial charge in [-0.25, -0.2) is 0 Å². The molecule has 0 spiro atoms. The van der Waals surface area contributed by atoms with Crippen molar-refractivity contribution in [2.24, 2.45) is 16.7 Å². The second kappa shape index (κ2) is 12.8. The first kappa shape index (κ1) is 27.3. The summed E-state index contributed by atoms with van der Waals surface area (Å²) in [5.41, 5.74) is -2.19. The number of ether oxygens (including phenoxy) is 3. The maximum absolute atomic E-state index is 12.6. The van der Waals surface area contributed by atoms with Crippen LogP contribution in [-0.4, -0.2) is 61.2 Å². The molecule has 0 bridgehead atoms. The van der Waals surface area contributed by atoms with E-state index in [4.69, 9.17) is 19.3 Å². The Kier molecular flexibility index (Phi) is 12.1. The van der Waals surface area contributed by atoms with E-state index in [9.17, 15) is 19.5 Å². The lowest BCUT2D eigenvalue weighted by molar-refractivity contribution is -0.165. The van der Waals surface area contributed by atoms with E-state index in [-0.39, 0.29) is 25.4 Å². The van der Waals surface area contributed by atoms with E-state index in [1.807, 2.05) is 13.8 Å². The van der Waals surface area contributed by atoms with Gasteiger partial charge < -0.3 is 24.4 Å². The first-order valence-electron chi connectivity index (χ1n) is 10.2. The fourth-order valence-electron chi connectivity index (χ4n) is 3.31. The molecule has 0 fully saturated rings. The first-order valence-corrected chi connectivity index (χ1v) is 10.2. The number of rotatable bonds is 14. The van der Waals surface area contributed by atoms with Crippen LogP contribution >= 0.6 is 0 Å². The lowest BCUT2D eigenvalue weighted by atomic mass is 9.69.